The fourth-order valence-electron chi connectivity index (χ4n) is 3.32. The van der Waals surface area contributed by atoms with E-state index in [2.05, 4.69) is 19.8 Å². The van der Waals surface area contributed by atoms with Crippen LogP contribution in [-0.2, 0) is 0 Å². The van der Waals surface area contributed by atoms with Crippen LogP contribution < -0.4 is 14.7 Å². The van der Waals surface area contributed by atoms with E-state index in [4.69, 9.17) is 0 Å². The molecule has 1 fully saturated rings. The molecule has 7 heteroatoms. The molecular formula is C19H23FN6. The van der Waals surface area contributed by atoms with Crippen molar-refractivity contribution in [2.75, 3.05) is 48.9 Å². The average molecular weight is 354 g/mol. The number of nitrogens with zero attached hydrogens (tertiary/aromatic N) is 6. The largest absolute Gasteiger partial charge is 0.370 e. The van der Waals surface area contributed by atoms with E-state index in [1.54, 1.807) is 12.3 Å². The Morgan fingerprint density at radius 3 is 2.58 bits per heavy atom. The van der Waals surface area contributed by atoms with Gasteiger partial charge >= 0.3 is 0 Å². The smallest absolute Gasteiger partial charge is 0.226 e. The summed E-state index contributed by atoms with van der Waals surface area (Å²) in [6, 6.07) is 9.06. The zero-order chi connectivity index (χ0) is 18.7. The van der Waals surface area contributed by atoms with Gasteiger partial charge in [-0.05, 0) is 31.0 Å². The molecule has 6 nitrogen and oxygen atoms in total. The Hall–Kier alpha value is -2.88. The second-order valence-electron chi connectivity index (χ2n) is 6.68. The number of piperidine rings is 1. The molecule has 1 aliphatic heterocycles. The summed E-state index contributed by atoms with van der Waals surface area (Å²) in [7, 11) is 5.89. The van der Waals surface area contributed by atoms with E-state index >= 15 is 0 Å². The molecule has 2 aromatic rings. The number of anilines is 3. The molecule has 0 bridgehead atoms. The normalized spacial score (nSPS) is 14.8. The van der Waals surface area contributed by atoms with Gasteiger partial charge in [0.05, 0.1) is 5.69 Å². The van der Waals surface area contributed by atoms with E-state index in [0.29, 0.717) is 17.7 Å². The summed E-state index contributed by atoms with van der Waals surface area (Å²) in [5.41, 5.74) is 0.816. The summed E-state index contributed by atoms with van der Waals surface area (Å²) in [5.74, 6) is 1.12. The van der Waals surface area contributed by atoms with Crippen molar-refractivity contribution in [1.29, 1.82) is 5.26 Å². The van der Waals surface area contributed by atoms with Gasteiger partial charge in [0.1, 0.15) is 23.3 Å². The Labute approximate surface area is 153 Å². The number of hydrogen-bond acceptors (Lipinski definition) is 6. The first-order valence-corrected chi connectivity index (χ1v) is 8.68. The molecule has 0 aliphatic carbocycles. The molecular weight excluding hydrogens is 331 g/mol. The number of halogens is 1. The van der Waals surface area contributed by atoms with Crippen LogP contribution in [0.25, 0.3) is 0 Å². The molecule has 0 N–H and O–H groups in total. The maximum atomic E-state index is 13.9. The Bertz CT molecular complexity index is 808. The van der Waals surface area contributed by atoms with Crippen molar-refractivity contribution in [2.45, 2.75) is 18.9 Å². The van der Waals surface area contributed by atoms with Crippen molar-refractivity contribution >= 4 is 17.5 Å². The first-order valence-electron chi connectivity index (χ1n) is 8.68. The highest BCUT2D eigenvalue weighted by atomic mass is 19.1. The maximum Gasteiger partial charge on any atom is 0.226 e. The van der Waals surface area contributed by atoms with E-state index < -0.39 is 5.82 Å². The number of hydrogen-bond donors (Lipinski definition) is 0. The summed E-state index contributed by atoms with van der Waals surface area (Å²) in [4.78, 5) is 15.0. The maximum absolute atomic E-state index is 13.9. The summed E-state index contributed by atoms with van der Waals surface area (Å²) in [5, 5.41) is 9.25. The van der Waals surface area contributed by atoms with E-state index in [9.17, 15) is 9.65 Å². The van der Waals surface area contributed by atoms with E-state index in [1.807, 2.05) is 44.2 Å². The standard InChI is InChI=1S/C19H23FN6/c1-24(2)19-22-10-7-18(23-19)25(3)14-8-11-26(12-9-14)17-6-4-5-16(20)15(17)13-21/h4-7,10,14H,8-9,11-12H2,1-3H3. The predicted octanol–water partition coefficient (Wildman–Crippen LogP) is 2.66. The van der Waals surface area contributed by atoms with Crippen molar-refractivity contribution in [3.05, 3.63) is 41.8 Å². The average Bonchev–Trinajstić information content (AvgIpc) is 2.67. The summed E-state index contributed by atoms with van der Waals surface area (Å²) < 4.78 is 13.9. The SMILES string of the molecule is CN(C)c1nccc(N(C)C2CCN(c3cccc(F)c3C#N)CC2)n1. The van der Waals surface area contributed by atoms with Gasteiger partial charge in [0.15, 0.2) is 0 Å². The minimum atomic E-state index is -0.457. The molecule has 1 saturated heterocycles. The molecule has 0 spiro atoms. The molecule has 0 unspecified atom stereocenters. The molecule has 26 heavy (non-hydrogen) atoms. The highest BCUT2D eigenvalue weighted by molar-refractivity contribution is 5.60. The van der Waals surface area contributed by atoms with Crippen LogP contribution in [-0.4, -0.2) is 50.2 Å². The van der Waals surface area contributed by atoms with Gasteiger partial charge < -0.3 is 14.7 Å². The monoisotopic (exact) mass is 354 g/mol. The lowest BCUT2D eigenvalue weighted by Crippen LogP contribution is -2.44. The minimum absolute atomic E-state index is 0.130. The van der Waals surface area contributed by atoms with Crippen molar-refractivity contribution in [1.82, 2.24) is 9.97 Å². The first kappa shape index (κ1) is 17.9. The van der Waals surface area contributed by atoms with E-state index in [-0.39, 0.29) is 5.56 Å². The fourth-order valence-corrected chi connectivity index (χ4v) is 3.32. The number of aromatic nitrogens is 2. The number of benzene rings is 1. The van der Waals surface area contributed by atoms with Gasteiger partial charge in [-0.15, -0.1) is 0 Å². The molecule has 1 aromatic heterocycles. The molecule has 1 aromatic carbocycles. The molecule has 0 amide bonds. The second-order valence-corrected chi connectivity index (χ2v) is 6.68. The highest BCUT2D eigenvalue weighted by Crippen LogP contribution is 2.28. The second kappa shape index (κ2) is 7.56. The lowest BCUT2D eigenvalue weighted by atomic mass is 10.0. The van der Waals surface area contributed by atoms with Crippen LogP contribution in [0, 0.1) is 17.1 Å². The van der Waals surface area contributed by atoms with Gasteiger partial charge in [-0.2, -0.15) is 10.2 Å². The predicted molar refractivity (Wildman–Crippen MR) is 101 cm³/mol. The molecule has 1 aliphatic rings. The molecule has 3 rings (SSSR count). The van der Waals surface area contributed by atoms with Crippen molar-refractivity contribution in [3.63, 3.8) is 0 Å². The Morgan fingerprint density at radius 2 is 1.92 bits per heavy atom. The third-order valence-corrected chi connectivity index (χ3v) is 4.85. The number of nitriles is 1. The summed E-state index contributed by atoms with van der Waals surface area (Å²) in [6.07, 6.45) is 3.60. The molecule has 0 saturated carbocycles. The van der Waals surface area contributed by atoms with Crippen LogP contribution in [0.5, 0.6) is 0 Å². The first-order chi connectivity index (χ1) is 12.5. The van der Waals surface area contributed by atoms with Gasteiger partial charge in [-0.3, -0.25) is 0 Å². The van der Waals surface area contributed by atoms with Crippen molar-refractivity contribution < 1.29 is 4.39 Å². The lowest BCUT2D eigenvalue weighted by molar-refractivity contribution is 0.479. The van der Waals surface area contributed by atoms with Crippen molar-refractivity contribution in [2.24, 2.45) is 0 Å². The van der Waals surface area contributed by atoms with Gasteiger partial charge in [0.25, 0.3) is 0 Å². The van der Waals surface area contributed by atoms with Crippen LogP contribution >= 0.6 is 0 Å². The van der Waals surface area contributed by atoms with Crippen LogP contribution in [0.15, 0.2) is 30.5 Å². The van der Waals surface area contributed by atoms with Gasteiger partial charge in [0.2, 0.25) is 5.95 Å². The minimum Gasteiger partial charge on any atom is -0.370 e. The van der Waals surface area contributed by atoms with Gasteiger partial charge in [-0.25, -0.2) is 9.37 Å². The van der Waals surface area contributed by atoms with Gasteiger partial charge in [0, 0.05) is 46.5 Å². The van der Waals surface area contributed by atoms with E-state index in [1.165, 1.54) is 6.07 Å². The molecule has 0 radical (unpaired) electrons. The number of rotatable bonds is 4. The lowest BCUT2D eigenvalue weighted by Gasteiger charge is -2.38. The summed E-state index contributed by atoms with van der Waals surface area (Å²) >= 11 is 0. The van der Waals surface area contributed by atoms with Gasteiger partial charge in [-0.1, -0.05) is 6.07 Å². The third kappa shape index (κ3) is 3.54. The summed E-state index contributed by atoms with van der Waals surface area (Å²) in [6.45, 7) is 1.55. The third-order valence-electron chi connectivity index (χ3n) is 4.85. The molecule has 0 atom stereocenters. The van der Waals surface area contributed by atoms with Crippen LogP contribution in [0.1, 0.15) is 18.4 Å². The molecule has 2 heterocycles. The highest BCUT2D eigenvalue weighted by Gasteiger charge is 2.25. The topological polar surface area (TPSA) is 59.3 Å². The zero-order valence-electron chi connectivity index (χ0n) is 15.4. The van der Waals surface area contributed by atoms with Crippen LogP contribution in [0.4, 0.5) is 21.8 Å². The molecule has 136 valence electrons. The quantitative estimate of drug-likeness (QED) is 0.841. The van der Waals surface area contributed by atoms with E-state index in [0.717, 1.165) is 31.7 Å². The van der Waals surface area contributed by atoms with Crippen molar-refractivity contribution in [3.8, 4) is 6.07 Å². The fraction of sp³-hybridized carbons (Fsp3) is 0.421. The zero-order valence-corrected chi connectivity index (χ0v) is 15.4. The Morgan fingerprint density at radius 1 is 1.19 bits per heavy atom. The van der Waals surface area contributed by atoms with Crippen LogP contribution in [0.2, 0.25) is 0 Å². The van der Waals surface area contributed by atoms with Crippen LogP contribution in [0.3, 0.4) is 0 Å². The Balaban J connectivity index is 1.70. The Kier molecular flexibility index (Phi) is 5.21.